The van der Waals surface area contributed by atoms with E-state index in [1.165, 1.54) is 0 Å². The molecule has 1 aromatic heterocycles. The lowest BCUT2D eigenvalue weighted by Gasteiger charge is -2.20. The molecule has 0 spiro atoms. The molecule has 0 unspecified atom stereocenters. The Labute approximate surface area is 100 Å². The number of carbonyl (C=O) groups is 1. The fraction of sp³-hybridized carbons (Fsp3) is 0.545. The van der Waals surface area contributed by atoms with Gasteiger partial charge < -0.3 is 5.32 Å². The third-order valence-corrected chi connectivity index (χ3v) is 2.20. The molecule has 0 aliphatic carbocycles. The molecule has 0 aromatic carbocycles. The summed E-state index contributed by atoms with van der Waals surface area (Å²) in [5.74, 6) is 1.05. The van der Waals surface area contributed by atoms with Crippen LogP contribution in [0.5, 0.6) is 0 Å². The fourth-order valence-electron chi connectivity index (χ4n) is 1.14. The first-order valence-electron chi connectivity index (χ1n) is 5.06. The Morgan fingerprint density at radius 3 is 2.50 bits per heavy atom. The number of hydrogen-bond donors (Lipinski definition) is 1. The molecule has 1 heterocycles. The molecule has 0 aliphatic rings. The Bertz CT molecular complexity index is 399. The van der Waals surface area contributed by atoms with Crippen molar-refractivity contribution in [3.63, 3.8) is 0 Å². The van der Waals surface area contributed by atoms with Crippen molar-refractivity contribution in [2.24, 2.45) is 5.41 Å². The van der Waals surface area contributed by atoms with Crippen LogP contribution in [-0.4, -0.2) is 22.8 Å². The molecule has 0 amide bonds. The highest BCUT2D eigenvalue weighted by atomic mass is 35.5. The van der Waals surface area contributed by atoms with Gasteiger partial charge in [-0.2, -0.15) is 0 Å². The van der Waals surface area contributed by atoms with Crippen molar-refractivity contribution in [3.05, 3.63) is 16.5 Å². The molecule has 5 heteroatoms. The number of aromatic nitrogens is 2. The molecule has 1 N–H and O–H groups in total. The van der Waals surface area contributed by atoms with Crippen molar-refractivity contribution in [1.29, 1.82) is 0 Å². The topological polar surface area (TPSA) is 54.9 Å². The van der Waals surface area contributed by atoms with E-state index in [0.717, 1.165) is 0 Å². The van der Waals surface area contributed by atoms with Gasteiger partial charge in [-0.25, -0.2) is 9.97 Å². The van der Waals surface area contributed by atoms with Crippen molar-refractivity contribution in [2.75, 3.05) is 11.9 Å². The number of hydrogen-bond acceptors (Lipinski definition) is 4. The maximum absolute atomic E-state index is 10.9. The van der Waals surface area contributed by atoms with E-state index < -0.39 is 0 Å². The lowest BCUT2D eigenvalue weighted by Crippen LogP contribution is -2.20. The second kappa shape index (κ2) is 4.78. The van der Waals surface area contributed by atoms with Crippen LogP contribution in [0.25, 0.3) is 0 Å². The lowest BCUT2D eigenvalue weighted by atomic mass is 9.97. The third kappa shape index (κ3) is 3.45. The van der Waals surface area contributed by atoms with E-state index in [4.69, 9.17) is 11.6 Å². The number of carbonyl (C=O) groups excluding carboxylic acids is 1. The maximum Gasteiger partial charge on any atom is 0.156 e. The summed E-state index contributed by atoms with van der Waals surface area (Å²) in [5, 5.41) is 3.31. The van der Waals surface area contributed by atoms with Crippen molar-refractivity contribution in [2.45, 2.75) is 27.7 Å². The van der Waals surface area contributed by atoms with E-state index in [1.54, 1.807) is 6.92 Å². The van der Waals surface area contributed by atoms with Gasteiger partial charge in [0.05, 0.1) is 5.56 Å². The largest absolute Gasteiger partial charge is 0.369 e. The molecular formula is C11H16ClN3O. The summed E-state index contributed by atoms with van der Waals surface area (Å²) in [4.78, 5) is 19.0. The Hall–Kier alpha value is -1.16. The Kier molecular flexibility index (Phi) is 3.86. The Morgan fingerprint density at radius 1 is 1.38 bits per heavy atom. The van der Waals surface area contributed by atoms with Crippen molar-refractivity contribution >= 4 is 23.7 Å². The van der Waals surface area contributed by atoms with E-state index in [2.05, 4.69) is 36.1 Å². The van der Waals surface area contributed by atoms with Crippen LogP contribution in [0.15, 0.2) is 0 Å². The smallest absolute Gasteiger partial charge is 0.156 e. The van der Waals surface area contributed by atoms with Gasteiger partial charge in [0.15, 0.2) is 6.29 Å². The average molecular weight is 242 g/mol. The standard InChI is InChI=1S/C11H16ClN3O/c1-7-14-9(12)8(5-16)10(15-7)13-6-11(2,3)4/h5H,6H2,1-4H3,(H,13,14,15). The molecule has 0 saturated carbocycles. The Balaban J connectivity index is 2.98. The number of aryl methyl sites for hydroxylation is 1. The molecule has 16 heavy (non-hydrogen) atoms. The van der Waals surface area contributed by atoms with E-state index in [-0.39, 0.29) is 10.6 Å². The number of aldehydes is 1. The summed E-state index contributed by atoms with van der Waals surface area (Å²) in [6.45, 7) is 8.73. The van der Waals surface area contributed by atoms with Crippen LogP contribution >= 0.6 is 11.6 Å². The lowest BCUT2D eigenvalue weighted by molar-refractivity contribution is 0.112. The highest BCUT2D eigenvalue weighted by molar-refractivity contribution is 6.32. The summed E-state index contributed by atoms with van der Waals surface area (Å²) in [7, 11) is 0. The first-order chi connectivity index (χ1) is 7.33. The van der Waals surface area contributed by atoms with Crippen molar-refractivity contribution in [1.82, 2.24) is 9.97 Å². The summed E-state index contributed by atoms with van der Waals surface area (Å²) < 4.78 is 0. The van der Waals surface area contributed by atoms with Gasteiger partial charge in [0, 0.05) is 6.54 Å². The van der Waals surface area contributed by atoms with Crippen LogP contribution < -0.4 is 5.32 Å². The summed E-state index contributed by atoms with van der Waals surface area (Å²) >= 11 is 5.86. The van der Waals surface area contributed by atoms with E-state index in [1.807, 2.05) is 0 Å². The highest BCUT2D eigenvalue weighted by Crippen LogP contribution is 2.21. The van der Waals surface area contributed by atoms with Gasteiger partial charge in [-0.05, 0) is 12.3 Å². The molecule has 4 nitrogen and oxygen atoms in total. The van der Waals surface area contributed by atoms with Crippen LogP contribution in [0.4, 0.5) is 5.82 Å². The van der Waals surface area contributed by atoms with E-state index >= 15 is 0 Å². The van der Waals surface area contributed by atoms with Gasteiger partial charge in [0.1, 0.15) is 16.8 Å². The molecular weight excluding hydrogens is 226 g/mol. The zero-order chi connectivity index (χ0) is 12.3. The second-order valence-electron chi connectivity index (χ2n) is 4.86. The molecule has 1 rings (SSSR count). The predicted molar refractivity (Wildman–Crippen MR) is 65.1 cm³/mol. The van der Waals surface area contributed by atoms with Gasteiger partial charge >= 0.3 is 0 Å². The SMILES string of the molecule is Cc1nc(Cl)c(C=O)c(NCC(C)(C)C)n1. The van der Waals surface area contributed by atoms with Gasteiger partial charge in [-0.15, -0.1) is 0 Å². The number of rotatable bonds is 3. The van der Waals surface area contributed by atoms with Crippen LogP contribution in [0.3, 0.4) is 0 Å². The van der Waals surface area contributed by atoms with Crippen LogP contribution in [0.1, 0.15) is 37.0 Å². The maximum atomic E-state index is 10.9. The quantitative estimate of drug-likeness (QED) is 0.653. The molecule has 0 aliphatic heterocycles. The zero-order valence-corrected chi connectivity index (χ0v) is 10.7. The minimum atomic E-state index is 0.103. The first kappa shape index (κ1) is 12.9. The molecule has 0 fully saturated rings. The average Bonchev–Trinajstić information content (AvgIpc) is 2.12. The summed E-state index contributed by atoms with van der Waals surface area (Å²) in [6, 6.07) is 0. The predicted octanol–water partition coefficient (Wildman–Crippen LogP) is 2.71. The Morgan fingerprint density at radius 2 is 2.00 bits per heavy atom. The third-order valence-electron chi connectivity index (χ3n) is 1.91. The molecule has 0 radical (unpaired) electrons. The van der Waals surface area contributed by atoms with E-state index in [9.17, 15) is 4.79 Å². The fourth-order valence-corrected chi connectivity index (χ4v) is 1.39. The zero-order valence-electron chi connectivity index (χ0n) is 9.97. The molecule has 0 atom stereocenters. The molecule has 0 saturated heterocycles. The number of anilines is 1. The second-order valence-corrected chi connectivity index (χ2v) is 5.21. The number of nitrogens with zero attached hydrogens (tertiary/aromatic N) is 2. The van der Waals surface area contributed by atoms with Gasteiger partial charge in [-0.1, -0.05) is 32.4 Å². The number of nitrogens with one attached hydrogen (secondary N) is 1. The van der Waals surface area contributed by atoms with Crippen LogP contribution in [-0.2, 0) is 0 Å². The number of halogens is 1. The molecule has 1 aromatic rings. The first-order valence-corrected chi connectivity index (χ1v) is 5.44. The van der Waals surface area contributed by atoms with E-state index in [0.29, 0.717) is 30.0 Å². The minimum absolute atomic E-state index is 0.103. The summed E-state index contributed by atoms with van der Waals surface area (Å²) in [6.07, 6.45) is 0.673. The molecule has 0 bridgehead atoms. The van der Waals surface area contributed by atoms with Gasteiger partial charge in [-0.3, -0.25) is 4.79 Å². The van der Waals surface area contributed by atoms with Crippen LogP contribution in [0, 0.1) is 12.3 Å². The van der Waals surface area contributed by atoms with Crippen molar-refractivity contribution in [3.8, 4) is 0 Å². The monoisotopic (exact) mass is 241 g/mol. The summed E-state index contributed by atoms with van der Waals surface area (Å²) in [5.41, 5.74) is 0.419. The van der Waals surface area contributed by atoms with Crippen molar-refractivity contribution < 1.29 is 4.79 Å². The molecule has 88 valence electrons. The minimum Gasteiger partial charge on any atom is -0.369 e. The van der Waals surface area contributed by atoms with Gasteiger partial charge in [0.25, 0.3) is 0 Å². The normalized spacial score (nSPS) is 11.3. The highest BCUT2D eigenvalue weighted by Gasteiger charge is 2.14. The van der Waals surface area contributed by atoms with Crippen LogP contribution in [0.2, 0.25) is 5.15 Å². The van der Waals surface area contributed by atoms with Gasteiger partial charge in [0.2, 0.25) is 0 Å².